The largest absolute Gasteiger partial charge is 0.395 e. The quantitative estimate of drug-likeness (QED) is 0.651. The first kappa shape index (κ1) is 20.8. The zero-order valence-corrected chi connectivity index (χ0v) is 17.3. The lowest BCUT2D eigenvalue weighted by Crippen LogP contribution is -2.09. The summed E-state index contributed by atoms with van der Waals surface area (Å²) in [7, 11) is -3.45. The maximum Gasteiger partial charge on any atom is 0.180 e. The lowest BCUT2D eigenvalue weighted by molar-refractivity contribution is 0.319. The molecule has 0 spiro atoms. The Bertz CT molecular complexity index is 1140. The predicted molar refractivity (Wildman–Crippen MR) is 115 cm³/mol. The highest BCUT2D eigenvalue weighted by molar-refractivity contribution is 7.91. The number of nitrogens with zero attached hydrogens (tertiary/aromatic N) is 1. The molecule has 0 bridgehead atoms. The van der Waals surface area contributed by atoms with Crippen molar-refractivity contribution in [1.82, 2.24) is 4.98 Å². The maximum atomic E-state index is 12.1. The fraction of sp³-hybridized carbons (Fsp3) is 0.208. The van der Waals surface area contributed by atoms with Crippen LogP contribution >= 0.6 is 0 Å². The number of aliphatic hydroxyl groups excluding tert-OH is 1. The van der Waals surface area contributed by atoms with E-state index in [9.17, 15) is 8.42 Å². The van der Waals surface area contributed by atoms with Crippen molar-refractivity contribution in [3.8, 4) is 23.0 Å². The summed E-state index contributed by atoms with van der Waals surface area (Å²) in [6.45, 7) is 3.86. The van der Waals surface area contributed by atoms with E-state index < -0.39 is 9.84 Å². The first-order valence-corrected chi connectivity index (χ1v) is 11.1. The van der Waals surface area contributed by atoms with Gasteiger partial charge in [-0.05, 0) is 58.9 Å². The molecule has 0 aliphatic rings. The van der Waals surface area contributed by atoms with Crippen LogP contribution in [0, 0.1) is 11.8 Å². The number of aliphatic hydroxyl groups is 1. The SMILES string of the molecule is CC(C)c1ccc(-c2ccc(S(=O)(=O)CCO)cc2)cc1C#Cc1ccccn1. The molecule has 0 fully saturated rings. The molecule has 4 nitrogen and oxygen atoms in total. The van der Waals surface area contributed by atoms with E-state index in [1.54, 1.807) is 30.5 Å². The molecule has 3 rings (SSSR count). The van der Waals surface area contributed by atoms with Crippen LogP contribution in [0.5, 0.6) is 0 Å². The Morgan fingerprint density at radius 3 is 2.31 bits per heavy atom. The van der Waals surface area contributed by atoms with Crippen LogP contribution in [0.4, 0.5) is 0 Å². The molecule has 0 amide bonds. The van der Waals surface area contributed by atoms with Gasteiger partial charge in [0.05, 0.1) is 17.3 Å². The molecular weight excluding hydrogens is 382 g/mol. The second-order valence-corrected chi connectivity index (χ2v) is 9.10. The van der Waals surface area contributed by atoms with Crippen molar-refractivity contribution in [2.24, 2.45) is 0 Å². The highest BCUT2D eigenvalue weighted by Crippen LogP contribution is 2.27. The number of sulfone groups is 1. The zero-order chi connectivity index (χ0) is 20.9. The molecule has 1 heterocycles. The fourth-order valence-corrected chi connectivity index (χ4v) is 4.04. The van der Waals surface area contributed by atoms with E-state index in [0.717, 1.165) is 22.3 Å². The van der Waals surface area contributed by atoms with Crippen LogP contribution in [0.2, 0.25) is 0 Å². The van der Waals surface area contributed by atoms with Gasteiger partial charge >= 0.3 is 0 Å². The van der Waals surface area contributed by atoms with E-state index in [2.05, 4.69) is 36.7 Å². The van der Waals surface area contributed by atoms with Gasteiger partial charge in [-0.2, -0.15) is 0 Å². The molecule has 0 unspecified atom stereocenters. The van der Waals surface area contributed by atoms with Gasteiger partial charge in [-0.1, -0.05) is 50.1 Å². The van der Waals surface area contributed by atoms with Crippen molar-refractivity contribution in [3.63, 3.8) is 0 Å². The van der Waals surface area contributed by atoms with Gasteiger partial charge in [0.1, 0.15) is 5.69 Å². The molecule has 0 aliphatic carbocycles. The van der Waals surface area contributed by atoms with Crippen molar-refractivity contribution in [2.45, 2.75) is 24.7 Å². The summed E-state index contributed by atoms with van der Waals surface area (Å²) in [6.07, 6.45) is 1.72. The minimum Gasteiger partial charge on any atom is -0.395 e. The molecule has 0 aliphatic heterocycles. The van der Waals surface area contributed by atoms with Crippen molar-refractivity contribution >= 4 is 9.84 Å². The first-order valence-electron chi connectivity index (χ1n) is 9.42. The summed E-state index contributed by atoms with van der Waals surface area (Å²) in [5.41, 5.74) is 4.67. The van der Waals surface area contributed by atoms with Gasteiger partial charge in [-0.3, -0.25) is 0 Å². The summed E-state index contributed by atoms with van der Waals surface area (Å²) < 4.78 is 24.2. The van der Waals surface area contributed by atoms with Crippen LogP contribution in [0.15, 0.2) is 71.8 Å². The molecular formula is C24H23NO3S. The van der Waals surface area contributed by atoms with Crippen LogP contribution in [-0.4, -0.2) is 30.9 Å². The topological polar surface area (TPSA) is 67.3 Å². The van der Waals surface area contributed by atoms with Crippen LogP contribution in [0.25, 0.3) is 11.1 Å². The Balaban J connectivity index is 1.98. The Morgan fingerprint density at radius 1 is 0.966 bits per heavy atom. The van der Waals surface area contributed by atoms with Gasteiger partial charge in [0.15, 0.2) is 9.84 Å². The first-order chi connectivity index (χ1) is 13.9. The second kappa shape index (κ2) is 9.04. The molecule has 0 saturated carbocycles. The molecule has 2 aromatic carbocycles. The Morgan fingerprint density at radius 2 is 1.69 bits per heavy atom. The van der Waals surface area contributed by atoms with Gasteiger partial charge < -0.3 is 5.11 Å². The van der Waals surface area contributed by atoms with Gasteiger partial charge in [-0.15, -0.1) is 0 Å². The van der Waals surface area contributed by atoms with Gasteiger partial charge in [0.25, 0.3) is 0 Å². The minimum absolute atomic E-state index is 0.212. The highest BCUT2D eigenvalue weighted by atomic mass is 32.2. The Labute approximate surface area is 172 Å². The Hall–Kier alpha value is -2.94. The van der Waals surface area contributed by atoms with Crippen molar-refractivity contribution in [3.05, 3.63) is 83.7 Å². The molecule has 29 heavy (non-hydrogen) atoms. The van der Waals surface area contributed by atoms with Crippen molar-refractivity contribution in [1.29, 1.82) is 0 Å². The molecule has 5 heteroatoms. The fourth-order valence-electron chi connectivity index (χ4n) is 3.01. The normalized spacial score (nSPS) is 11.2. The average Bonchev–Trinajstić information content (AvgIpc) is 2.73. The number of aromatic nitrogens is 1. The zero-order valence-electron chi connectivity index (χ0n) is 16.5. The summed E-state index contributed by atoms with van der Waals surface area (Å²) in [6, 6.07) is 18.5. The average molecular weight is 406 g/mol. The molecule has 3 aromatic rings. The van der Waals surface area contributed by atoms with Gasteiger partial charge in [0.2, 0.25) is 0 Å². The summed E-state index contributed by atoms with van der Waals surface area (Å²) in [5, 5.41) is 8.93. The smallest absolute Gasteiger partial charge is 0.180 e. The van der Waals surface area contributed by atoms with Gasteiger partial charge in [-0.25, -0.2) is 13.4 Å². The molecule has 1 aromatic heterocycles. The lowest BCUT2D eigenvalue weighted by Gasteiger charge is -2.11. The summed E-state index contributed by atoms with van der Waals surface area (Å²) in [5.74, 6) is 6.40. The third-order valence-corrected chi connectivity index (χ3v) is 6.28. The van der Waals surface area contributed by atoms with Crippen LogP contribution in [0.3, 0.4) is 0 Å². The summed E-state index contributed by atoms with van der Waals surface area (Å²) in [4.78, 5) is 4.46. The molecule has 148 valence electrons. The molecule has 0 saturated heterocycles. The van der Waals surface area contributed by atoms with Crippen molar-refractivity contribution < 1.29 is 13.5 Å². The van der Waals surface area contributed by atoms with Crippen LogP contribution < -0.4 is 0 Å². The second-order valence-electron chi connectivity index (χ2n) is 6.99. The van der Waals surface area contributed by atoms with E-state index in [0.29, 0.717) is 11.6 Å². The van der Waals surface area contributed by atoms with Crippen LogP contribution in [-0.2, 0) is 9.84 Å². The van der Waals surface area contributed by atoms with E-state index in [1.807, 2.05) is 30.3 Å². The number of hydrogen-bond acceptors (Lipinski definition) is 4. The van der Waals surface area contributed by atoms with E-state index in [4.69, 9.17) is 5.11 Å². The Kier molecular flexibility index (Phi) is 6.48. The summed E-state index contributed by atoms with van der Waals surface area (Å²) >= 11 is 0. The third kappa shape index (κ3) is 5.11. The third-order valence-electron chi connectivity index (χ3n) is 4.57. The van der Waals surface area contributed by atoms with E-state index >= 15 is 0 Å². The van der Waals surface area contributed by atoms with Crippen LogP contribution in [0.1, 0.15) is 36.6 Å². The lowest BCUT2D eigenvalue weighted by atomic mass is 9.93. The predicted octanol–water partition coefficient (Wildman–Crippen LogP) is 4.04. The van der Waals surface area contributed by atoms with E-state index in [1.165, 1.54) is 0 Å². The highest BCUT2D eigenvalue weighted by Gasteiger charge is 2.14. The molecule has 1 N–H and O–H groups in total. The molecule has 0 radical (unpaired) electrons. The maximum absolute atomic E-state index is 12.1. The number of hydrogen-bond donors (Lipinski definition) is 1. The van der Waals surface area contributed by atoms with Crippen molar-refractivity contribution in [2.75, 3.05) is 12.4 Å². The number of rotatable bonds is 5. The standard InChI is InChI=1S/C24H23NO3S/c1-18(2)24-13-9-20(17-21(24)6-10-22-5-3-4-14-25-22)19-7-11-23(12-8-19)29(27,28)16-15-26/h3-5,7-9,11-14,17-18,26H,15-16H2,1-2H3. The van der Waals surface area contributed by atoms with Gasteiger partial charge in [0, 0.05) is 11.8 Å². The minimum atomic E-state index is -3.45. The number of benzene rings is 2. The van der Waals surface area contributed by atoms with E-state index in [-0.39, 0.29) is 17.3 Å². The molecule has 0 atom stereocenters. The monoisotopic (exact) mass is 405 g/mol. The number of pyridine rings is 1.